The molecule has 6 nitrogen and oxygen atoms in total. The number of fused-ring (bicyclic) bond motifs is 12. The SMILES string of the molecule is N#Cc1cc(-c2ccc(-n3c4ccccc4c4ccc(-n5c6ccccc6c6ccccc65)cc43)c(C#N)c2-n2c3ccccc3c3ccc(-n4c5ccccc5c5ccccc54)cc32)cc(C(F)(F)F)c1. The first kappa shape index (κ1) is 41.2. The molecule has 14 rings (SSSR count). The third-order valence-electron chi connectivity index (χ3n) is 14.4. The molecule has 10 aromatic carbocycles. The molecule has 0 radical (unpaired) electrons. The molecule has 0 bridgehead atoms. The van der Waals surface area contributed by atoms with Gasteiger partial charge in [-0.15, -0.1) is 0 Å². The zero-order valence-corrected chi connectivity index (χ0v) is 38.0. The smallest absolute Gasteiger partial charge is 0.309 e. The van der Waals surface area contributed by atoms with E-state index in [1.807, 2.05) is 108 Å². The number of benzene rings is 10. The summed E-state index contributed by atoms with van der Waals surface area (Å²) in [5.74, 6) is 0. The number of rotatable bonds is 5. The fourth-order valence-corrected chi connectivity index (χ4v) is 11.5. The number of hydrogen-bond donors (Lipinski definition) is 0. The number of para-hydroxylation sites is 6. The van der Waals surface area contributed by atoms with Gasteiger partial charge in [-0.25, -0.2) is 0 Å². The van der Waals surface area contributed by atoms with E-state index in [1.165, 1.54) is 6.07 Å². The van der Waals surface area contributed by atoms with Gasteiger partial charge < -0.3 is 18.3 Å². The predicted octanol–water partition coefficient (Wildman–Crippen LogP) is 16.5. The molecule has 0 aliphatic carbocycles. The van der Waals surface area contributed by atoms with E-state index in [1.54, 1.807) is 6.07 Å². The van der Waals surface area contributed by atoms with Crippen molar-refractivity contribution in [2.24, 2.45) is 0 Å². The molecule has 0 aliphatic heterocycles. The largest absolute Gasteiger partial charge is 0.416 e. The minimum atomic E-state index is -4.75. The topological polar surface area (TPSA) is 67.3 Å². The van der Waals surface area contributed by atoms with Gasteiger partial charge in [0.25, 0.3) is 0 Å². The van der Waals surface area contributed by atoms with Gasteiger partial charge in [0, 0.05) is 60.0 Å². The third kappa shape index (κ3) is 5.89. The minimum Gasteiger partial charge on any atom is -0.309 e. The molecule has 338 valence electrons. The van der Waals surface area contributed by atoms with Crippen LogP contribution < -0.4 is 0 Å². The second-order valence-corrected chi connectivity index (χ2v) is 18.2. The average Bonchev–Trinajstić information content (AvgIpc) is 4.14. The highest BCUT2D eigenvalue weighted by molar-refractivity contribution is 6.14. The summed E-state index contributed by atoms with van der Waals surface area (Å²) in [6.45, 7) is 0. The molecule has 0 saturated heterocycles. The number of aromatic nitrogens is 4. The second kappa shape index (κ2) is 15.3. The van der Waals surface area contributed by atoms with Gasteiger partial charge >= 0.3 is 6.18 Å². The summed E-state index contributed by atoms with van der Waals surface area (Å²) in [5.41, 5.74) is 9.67. The molecule has 0 atom stereocenters. The predicted molar refractivity (Wildman–Crippen MR) is 284 cm³/mol. The van der Waals surface area contributed by atoms with Gasteiger partial charge in [-0.05, 0) is 90.5 Å². The van der Waals surface area contributed by atoms with Crippen LogP contribution in [-0.2, 0) is 6.18 Å². The molecule has 0 fully saturated rings. The summed E-state index contributed by atoms with van der Waals surface area (Å²) in [6.07, 6.45) is -4.75. The Morgan fingerprint density at radius 2 is 0.736 bits per heavy atom. The lowest BCUT2D eigenvalue weighted by atomic mass is 9.95. The molecular formula is C63H35F3N6. The van der Waals surface area contributed by atoms with Gasteiger partial charge in [0.05, 0.1) is 72.7 Å². The van der Waals surface area contributed by atoms with Crippen LogP contribution in [0.3, 0.4) is 0 Å². The van der Waals surface area contributed by atoms with E-state index in [9.17, 15) is 23.7 Å². The second-order valence-electron chi connectivity index (χ2n) is 18.2. The highest BCUT2D eigenvalue weighted by atomic mass is 19.4. The van der Waals surface area contributed by atoms with Crippen molar-refractivity contribution >= 4 is 87.2 Å². The summed E-state index contributed by atoms with van der Waals surface area (Å²) < 4.78 is 53.1. The van der Waals surface area contributed by atoms with Crippen LogP contribution in [0.4, 0.5) is 13.2 Å². The Hall–Kier alpha value is -9.83. The van der Waals surface area contributed by atoms with Crippen LogP contribution in [0.1, 0.15) is 16.7 Å². The molecule has 9 heteroatoms. The monoisotopic (exact) mass is 932 g/mol. The van der Waals surface area contributed by atoms with Crippen molar-refractivity contribution in [3.05, 3.63) is 229 Å². The Morgan fingerprint density at radius 1 is 0.347 bits per heavy atom. The maximum absolute atomic E-state index is 14.8. The van der Waals surface area contributed by atoms with E-state index in [-0.39, 0.29) is 16.7 Å². The van der Waals surface area contributed by atoms with E-state index in [0.717, 1.165) is 111 Å². The quantitative estimate of drug-likeness (QED) is 0.173. The van der Waals surface area contributed by atoms with E-state index in [0.29, 0.717) is 16.9 Å². The molecule has 4 heterocycles. The molecule has 0 saturated carbocycles. The molecule has 0 unspecified atom stereocenters. The number of nitrogens with zero attached hydrogens (tertiary/aromatic N) is 6. The third-order valence-corrected chi connectivity index (χ3v) is 14.4. The Balaban J connectivity index is 1.11. The summed E-state index contributed by atoms with van der Waals surface area (Å²) in [6, 6.07) is 73.6. The average molecular weight is 933 g/mol. The highest BCUT2D eigenvalue weighted by Gasteiger charge is 2.33. The fraction of sp³-hybridized carbons (Fsp3) is 0.0159. The van der Waals surface area contributed by atoms with Crippen molar-refractivity contribution in [1.82, 2.24) is 18.3 Å². The lowest BCUT2D eigenvalue weighted by Crippen LogP contribution is -2.08. The Morgan fingerprint density at radius 3 is 1.15 bits per heavy atom. The zero-order chi connectivity index (χ0) is 48.4. The van der Waals surface area contributed by atoms with Gasteiger partial charge in [0.15, 0.2) is 0 Å². The van der Waals surface area contributed by atoms with Gasteiger partial charge in [0.1, 0.15) is 11.6 Å². The lowest BCUT2D eigenvalue weighted by molar-refractivity contribution is -0.137. The maximum Gasteiger partial charge on any atom is 0.416 e. The number of hydrogen-bond acceptors (Lipinski definition) is 2. The summed E-state index contributed by atoms with van der Waals surface area (Å²) >= 11 is 0. The van der Waals surface area contributed by atoms with Gasteiger partial charge in [-0.2, -0.15) is 23.7 Å². The minimum absolute atomic E-state index is 0.149. The van der Waals surface area contributed by atoms with Crippen LogP contribution in [-0.4, -0.2) is 18.3 Å². The van der Waals surface area contributed by atoms with Crippen LogP contribution in [0.25, 0.3) is 121 Å². The summed E-state index contributed by atoms with van der Waals surface area (Å²) in [7, 11) is 0. The van der Waals surface area contributed by atoms with Crippen LogP contribution in [0, 0.1) is 22.7 Å². The number of halogens is 3. The van der Waals surface area contributed by atoms with Crippen molar-refractivity contribution in [2.45, 2.75) is 6.18 Å². The van der Waals surface area contributed by atoms with Crippen LogP contribution in [0.15, 0.2) is 212 Å². The number of alkyl halides is 3. The molecule has 0 aliphatic rings. The van der Waals surface area contributed by atoms with Gasteiger partial charge in [0.2, 0.25) is 0 Å². The van der Waals surface area contributed by atoms with Gasteiger partial charge in [-0.3, -0.25) is 0 Å². The first-order valence-corrected chi connectivity index (χ1v) is 23.5. The first-order valence-electron chi connectivity index (χ1n) is 23.5. The molecule has 14 aromatic rings. The Kier molecular flexibility index (Phi) is 8.77. The van der Waals surface area contributed by atoms with Crippen molar-refractivity contribution in [3.8, 4) is 46.0 Å². The fourth-order valence-electron chi connectivity index (χ4n) is 11.5. The van der Waals surface area contributed by atoms with Gasteiger partial charge in [-0.1, -0.05) is 127 Å². The van der Waals surface area contributed by atoms with Crippen LogP contribution in [0.5, 0.6) is 0 Å². The van der Waals surface area contributed by atoms with E-state index < -0.39 is 11.7 Å². The molecule has 72 heavy (non-hydrogen) atoms. The molecule has 0 amide bonds. The van der Waals surface area contributed by atoms with E-state index in [4.69, 9.17) is 0 Å². The standard InChI is InChI=1S/C63H35F3N6/c64-63(65,66)40-32-38(36-67)31-39(33-40)43-29-30-59(71-57-23-11-5-17-48(57)50-27-25-41(34-60(50)71)69-53-19-7-1-13-44(53)45-14-2-8-20-54(45)69)52(37-68)62(43)72-58-24-12-6-18-49(58)51-28-26-42(35-61(51)72)70-55-21-9-3-15-46(55)47-16-4-10-22-56(47)70/h1-35H. The van der Waals surface area contributed by atoms with Crippen molar-refractivity contribution < 1.29 is 13.2 Å². The van der Waals surface area contributed by atoms with Crippen LogP contribution in [0.2, 0.25) is 0 Å². The first-order chi connectivity index (χ1) is 35.3. The normalized spacial score (nSPS) is 12.1. The van der Waals surface area contributed by atoms with Crippen molar-refractivity contribution in [1.29, 1.82) is 10.5 Å². The molecular weight excluding hydrogens is 898 g/mol. The lowest BCUT2D eigenvalue weighted by Gasteiger charge is -2.21. The molecule has 0 N–H and O–H groups in total. The van der Waals surface area contributed by atoms with Crippen molar-refractivity contribution in [2.75, 3.05) is 0 Å². The van der Waals surface area contributed by atoms with E-state index >= 15 is 0 Å². The molecule has 4 aromatic heterocycles. The summed E-state index contributed by atoms with van der Waals surface area (Å²) in [4.78, 5) is 0. The highest BCUT2D eigenvalue weighted by Crippen LogP contribution is 2.45. The Labute approximate surface area is 408 Å². The maximum atomic E-state index is 14.8. The van der Waals surface area contributed by atoms with Crippen molar-refractivity contribution in [3.63, 3.8) is 0 Å². The van der Waals surface area contributed by atoms with Crippen LogP contribution >= 0.6 is 0 Å². The number of nitriles is 2. The summed E-state index contributed by atoms with van der Waals surface area (Å²) in [5, 5.41) is 30.3. The Bertz CT molecular complexity index is 4610. The van der Waals surface area contributed by atoms with E-state index in [2.05, 4.69) is 111 Å². The zero-order valence-electron chi connectivity index (χ0n) is 38.0. The molecule has 0 spiro atoms.